The smallest absolute Gasteiger partial charge is 0.262 e. The fourth-order valence-electron chi connectivity index (χ4n) is 3.25. The first-order valence-corrected chi connectivity index (χ1v) is 10.0. The summed E-state index contributed by atoms with van der Waals surface area (Å²) in [5.41, 5.74) is 1.32. The molecule has 10 heteroatoms. The molecule has 32 heavy (non-hydrogen) atoms. The predicted octanol–water partition coefficient (Wildman–Crippen LogP) is 3.36. The second kappa shape index (κ2) is 8.88. The average Bonchev–Trinajstić information content (AvgIpc) is 3.20. The van der Waals surface area contributed by atoms with Crippen LogP contribution in [0.4, 0.5) is 4.39 Å². The van der Waals surface area contributed by atoms with Gasteiger partial charge in [0.1, 0.15) is 22.8 Å². The third-order valence-electron chi connectivity index (χ3n) is 4.68. The van der Waals surface area contributed by atoms with Crippen LogP contribution in [0.2, 0.25) is 5.02 Å². The fraction of sp³-hybridized carbons (Fsp3) is 0.227. The second-order valence-corrected chi connectivity index (χ2v) is 7.90. The lowest BCUT2D eigenvalue weighted by atomic mass is 9.84. The zero-order valence-corrected chi connectivity index (χ0v) is 17.7. The van der Waals surface area contributed by atoms with Gasteiger partial charge in [-0.3, -0.25) is 9.59 Å². The highest BCUT2D eigenvalue weighted by Crippen LogP contribution is 2.28. The van der Waals surface area contributed by atoms with E-state index in [9.17, 15) is 14.0 Å². The number of amides is 2. The van der Waals surface area contributed by atoms with E-state index < -0.39 is 11.4 Å². The van der Waals surface area contributed by atoms with E-state index in [1.165, 1.54) is 24.6 Å². The average molecular weight is 460 g/mol. The molecule has 2 N–H and O–H groups in total. The molecule has 1 unspecified atom stereocenters. The number of pyridine rings is 1. The molecule has 3 aromatic rings. The third kappa shape index (κ3) is 5.17. The summed E-state index contributed by atoms with van der Waals surface area (Å²) in [5.74, 6) is -0.722. The van der Waals surface area contributed by atoms with Crippen molar-refractivity contribution in [2.75, 3.05) is 13.2 Å². The fourth-order valence-corrected chi connectivity index (χ4v) is 3.37. The molecule has 0 spiro atoms. The van der Waals surface area contributed by atoms with Crippen LogP contribution in [0.3, 0.4) is 0 Å². The van der Waals surface area contributed by atoms with Gasteiger partial charge in [-0.2, -0.15) is 0 Å². The van der Waals surface area contributed by atoms with Crippen molar-refractivity contribution in [2.24, 2.45) is 0 Å². The van der Waals surface area contributed by atoms with E-state index in [4.69, 9.17) is 25.5 Å². The van der Waals surface area contributed by atoms with E-state index in [-0.39, 0.29) is 35.8 Å². The van der Waals surface area contributed by atoms with E-state index in [2.05, 4.69) is 15.6 Å². The second-order valence-electron chi connectivity index (χ2n) is 7.49. The molecule has 1 aliphatic rings. The molecule has 2 heterocycles. The number of carbonyl (C=O) groups is 2. The Balaban J connectivity index is 1.21. The van der Waals surface area contributed by atoms with Gasteiger partial charge in [-0.1, -0.05) is 11.6 Å². The Hall–Kier alpha value is -3.59. The van der Waals surface area contributed by atoms with Crippen molar-refractivity contribution in [2.45, 2.75) is 18.9 Å². The number of hydrogen-bond acceptors (Lipinski definition) is 6. The summed E-state index contributed by atoms with van der Waals surface area (Å²) < 4.78 is 29.4. The Labute approximate surface area is 187 Å². The minimum Gasteiger partial charge on any atom is -0.484 e. The minimum atomic E-state index is -0.624. The topological polar surface area (TPSA) is 103 Å². The van der Waals surface area contributed by atoms with Crippen molar-refractivity contribution in [3.05, 3.63) is 65.4 Å². The van der Waals surface area contributed by atoms with Crippen LogP contribution in [-0.4, -0.2) is 35.6 Å². The van der Waals surface area contributed by atoms with Crippen molar-refractivity contribution in [3.8, 4) is 11.5 Å². The molecule has 0 aliphatic heterocycles. The molecule has 2 aromatic heterocycles. The summed E-state index contributed by atoms with van der Waals surface area (Å²) in [5, 5.41) is 5.51. The van der Waals surface area contributed by atoms with Crippen LogP contribution < -0.4 is 20.1 Å². The van der Waals surface area contributed by atoms with Crippen LogP contribution in [-0.2, 0) is 9.59 Å². The number of nitrogens with zero attached hydrogens (tertiary/aromatic N) is 1. The maximum Gasteiger partial charge on any atom is 0.262 e. The van der Waals surface area contributed by atoms with Gasteiger partial charge in [-0.15, -0.1) is 0 Å². The van der Waals surface area contributed by atoms with E-state index in [1.807, 2.05) is 6.92 Å². The number of halogens is 2. The van der Waals surface area contributed by atoms with E-state index in [0.29, 0.717) is 29.0 Å². The van der Waals surface area contributed by atoms with Gasteiger partial charge in [0.25, 0.3) is 11.8 Å². The zero-order chi connectivity index (χ0) is 22.7. The third-order valence-corrected chi connectivity index (χ3v) is 4.99. The van der Waals surface area contributed by atoms with Crippen molar-refractivity contribution in [1.29, 1.82) is 0 Å². The lowest BCUT2D eigenvalue weighted by Crippen LogP contribution is -2.53. The van der Waals surface area contributed by atoms with Gasteiger partial charge in [0.15, 0.2) is 18.8 Å². The van der Waals surface area contributed by atoms with Gasteiger partial charge in [0.05, 0.1) is 23.0 Å². The highest BCUT2D eigenvalue weighted by molar-refractivity contribution is 6.30. The quantitative estimate of drug-likeness (QED) is 0.535. The highest BCUT2D eigenvalue weighted by Gasteiger charge is 2.34. The summed E-state index contributed by atoms with van der Waals surface area (Å²) in [7, 11) is 0. The van der Waals surface area contributed by atoms with Crippen LogP contribution in [0.5, 0.6) is 11.5 Å². The van der Waals surface area contributed by atoms with E-state index in [1.54, 1.807) is 18.2 Å². The molecular formula is C22H19ClFN3O5. The van der Waals surface area contributed by atoms with Crippen LogP contribution in [0.25, 0.3) is 11.1 Å². The normalized spacial score (nSPS) is 17.3. The van der Waals surface area contributed by atoms with Crippen LogP contribution >= 0.6 is 11.6 Å². The van der Waals surface area contributed by atoms with E-state index >= 15 is 0 Å². The lowest BCUT2D eigenvalue weighted by Gasteiger charge is -2.37. The Morgan fingerprint density at radius 3 is 2.72 bits per heavy atom. The Morgan fingerprint density at radius 2 is 1.94 bits per heavy atom. The van der Waals surface area contributed by atoms with Gasteiger partial charge >= 0.3 is 0 Å². The molecule has 1 aliphatic carbocycles. The molecule has 0 saturated carbocycles. The summed E-state index contributed by atoms with van der Waals surface area (Å²) in [4.78, 5) is 28.4. The number of rotatable bonds is 8. The van der Waals surface area contributed by atoms with Crippen molar-refractivity contribution in [3.63, 3.8) is 0 Å². The number of nitrogens with one attached hydrogen (secondary N) is 2. The van der Waals surface area contributed by atoms with Crippen molar-refractivity contribution < 1.29 is 27.9 Å². The SMILES string of the molecule is CC1(NC(=O)COc2ccc(Cl)c(F)c2)C=C(NC(=O)COc2cnc3ccoc3c2)C1. The number of carbonyl (C=O) groups excluding carboxylic acids is 2. The largest absolute Gasteiger partial charge is 0.484 e. The summed E-state index contributed by atoms with van der Waals surface area (Å²) >= 11 is 5.61. The van der Waals surface area contributed by atoms with Crippen molar-refractivity contribution >= 4 is 34.5 Å². The molecule has 2 amide bonds. The zero-order valence-electron chi connectivity index (χ0n) is 17.0. The summed E-state index contributed by atoms with van der Waals surface area (Å²) in [6.45, 7) is 1.33. The number of furan rings is 1. The highest BCUT2D eigenvalue weighted by atomic mass is 35.5. The monoisotopic (exact) mass is 459 g/mol. The van der Waals surface area contributed by atoms with Crippen molar-refractivity contribution in [1.82, 2.24) is 15.6 Å². The number of fused-ring (bicyclic) bond motifs is 1. The van der Waals surface area contributed by atoms with Crippen LogP contribution in [0, 0.1) is 5.82 Å². The van der Waals surface area contributed by atoms with Crippen LogP contribution in [0.1, 0.15) is 13.3 Å². The number of hydrogen-bond donors (Lipinski definition) is 2. The molecule has 0 saturated heterocycles. The number of benzene rings is 1. The molecule has 0 fully saturated rings. The van der Waals surface area contributed by atoms with Gasteiger partial charge in [0.2, 0.25) is 0 Å². The standard InChI is InChI=1S/C22H19ClFN3O5/c1-22(27-21(29)12-31-14-2-3-16(23)17(24)6-14)8-13(9-22)26-20(28)11-32-15-7-19-18(25-10-15)4-5-30-19/h2-8,10H,9,11-12H2,1H3,(H,26,28)(H,27,29). The summed E-state index contributed by atoms with van der Waals surface area (Å²) in [6, 6.07) is 7.32. The van der Waals surface area contributed by atoms with E-state index in [0.717, 1.165) is 6.07 Å². The number of aromatic nitrogens is 1. The summed E-state index contributed by atoms with van der Waals surface area (Å²) in [6.07, 6.45) is 5.21. The predicted molar refractivity (Wildman–Crippen MR) is 114 cm³/mol. The first-order valence-electron chi connectivity index (χ1n) is 9.66. The maximum atomic E-state index is 13.4. The molecule has 8 nitrogen and oxygen atoms in total. The first kappa shape index (κ1) is 21.6. The Kier molecular flexibility index (Phi) is 6.00. The molecule has 0 bridgehead atoms. The Bertz CT molecular complexity index is 1210. The first-order chi connectivity index (χ1) is 15.3. The van der Waals surface area contributed by atoms with Gasteiger partial charge < -0.3 is 24.5 Å². The van der Waals surface area contributed by atoms with Gasteiger partial charge in [-0.25, -0.2) is 9.37 Å². The lowest BCUT2D eigenvalue weighted by molar-refractivity contribution is -0.124. The van der Waals surface area contributed by atoms with Gasteiger partial charge in [0, 0.05) is 30.3 Å². The molecule has 0 radical (unpaired) electrons. The molecule has 1 atom stereocenters. The maximum absolute atomic E-state index is 13.4. The van der Waals surface area contributed by atoms with Crippen LogP contribution in [0.15, 0.2) is 59.0 Å². The minimum absolute atomic E-state index is 0.0239. The molecule has 166 valence electrons. The molecular weight excluding hydrogens is 441 g/mol. The van der Waals surface area contributed by atoms with Gasteiger partial charge in [-0.05, 0) is 25.1 Å². The molecule has 1 aromatic carbocycles. The number of ether oxygens (including phenoxy) is 2. The molecule has 4 rings (SSSR count). The Morgan fingerprint density at radius 1 is 1.19 bits per heavy atom.